The lowest BCUT2D eigenvalue weighted by Gasteiger charge is -2.31. The zero-order valence-corrected chi connectivity index (χ0v) is 11.5. The molecule has 0 aromatic rings. The molecule has 0 atom stereocenters. The molecule has 1 aliphatic rings. The maximum Gasteiger partial charge on any atom is 0.317 e. The third-order valence-corrected chi connectivity index (χ3v) is 3.81. The molecule has 0 aliphatic carbocycles. The quantitative estimate of drug-likeness (QED) is 0.807. The average Bonchev–Trinajstić information content (AvgIpc) is 2.36. The van der Waals surface area contributed by atoms with E-state index in [4.69, 9.17) is 5.11 Å². The Morgan fingerprint density at radius 2 is 1.89 bits per heavy atom. The summed E-state index contributed by atoms with van der Waals surface area (Å²) >= 11 is 0. The van der Waals surface area contributed by atoms with Gasteiger partial charge >= 0.3 is 12.0 Å². The third-order valence-electron chi connectivity index (χ3n) is 3.81. The Balaban J connectivity index is 2.34. The van der Waals surface area contributed by atoms with E-state index in [-0.39, 0.29) is 17.4 Å². The van der Waals surface area contributed by atoms with E-state index in [2.05, 4.69) is 26.1 Å². The Labute approximate surface area is 109 Å². The van der Waals surface area contributed by atoms with Crippen molar-refractivity contribution >= 4 is 12.0 Å². The summed E-state index contributed by atoms with van der Waals surface area (Å²) in [5, 5.41) is 11.8. The highest BCUT2D eigenvalue weighted by Crippen LogP contribution is 2.19. The summed E-state index contributed by atoms with van der Waals surface area (Å²) in [6, 6.07) is -0.0691. The number of rotatable bonds is 4. The number of likely N-dealkylation sites (tertiary alicyclic amines) is 1. The van der Waals surface area contributed by atoms with Gasteiger partial charge in [-0.2, -0.15) is 0 Å². The molecule has 0 spiro atoms. The molecule has 1 fully saturated rings. The van der Waals surface area contributed by atoms with Gasteiger partial charge in [0, 0.05) is 19.6 Å². The van der Waals surface area contributed by atoms with E-state index in [0.717, 1.165) is 6.42 Å². The lowest BCUT2D eigenvalue weighted by molar-refractivity contribution is -0.143. The molecule has 0 aromatic heterocycles. The number of amides is 2. The molecule has 0 bridgehead atoms. The summed E-state index contributed by atoms with van der Waals surface area (Å²) in [6.45, 7) is 8.06. The van der Waals surface area contributed by atoms with Gasteiger partial charge in [0.25, 0.3) is 0 Å². The van der Waals surface area contributed by atoms with Crippen molar-refractivity contribution in [2.75, 3.05) is 19.6 Å². The predicted octanol–water partition coefficient (Wildman–Crippen LogP) is 1.93. The number of nitrogens with zero attached hydrogens (tertiary/aromatic N) is 1. The Morgan fingerprint density at radius 1 is 1.33 bits per heavy atom. The van der Waals surface area contributed by atoms with Crippen LogP contribution in [0.3, 0.4) is 0 Å². The van der Waals surface area contributed by atoms with Gasteiger partial charge in [-0.3, -0.25) is 4.79 Å². The second kappa shape index (κ2) is 6.07. The molecule has 5 nitrogen and oxygen atoms in total. The van der Waals surface area contributed by atoms with Crippen LogP contribution >= 0.6 is 0 Å². The van der Waals surface area contributed by atoms with E-state index in [1.807, 2.05) is 0 Å². The lowest BCUT2D eigenvalue weighted by atomic mass is 9.90. The molecule has 5 heteroatoms. The summed E-state index contributed by atoms with van der Waals surface area (Å²) in [4.78, 5) is 24.4. The van der Waals surface area contributed by atoms with E-state index in [1.165, 1.54) is 0 Å². The van der Waals surface area contributed by atoms with Crippen LogP contribution < -0.4 is 5.32 Å². The van der Waals surface area contributed by atoms with Crippen molar-refractivity contribution < 1.29 is 14.7 Å². The Bertz CT molecular complexity index is 307. The standard InChI is InChI=1S/C13H24N2O3/c1-4-13(2,3)9-14-12(18)15-7-5-10(6-8-15)11(16)17/h10H,4-9H2,1-3H3,(H,14,18)(H,16,17). The van der Waals surface area contributed by atoms with Gasteiger partial charge in [0.05, 0.1) is 5.92 Å². The van der Waals surface area contributed by atoms with Crippen LogP contribution in [0.2, 0.25) is 0 Å². The molecule has 0 unspecified atom stereocenters. The molecule has 1 saturated heterocycles. The van der Waals surface area contributed by atoms with Crippen molar-refractivity contribution in [2.24, 2.45) is 11.3 Å². The number of carbonyl (C=O) groups is 2. The minimum absolute atomic E-state index is 0.0691. The van der Waals surface area contributed by atoms with Crippen molar-refractivity contribution in [1.29, 1.82) is 0 Å². The minimum Gasteiger partial charge on any atom is -0.481 e. The van der Waals surface area contributed by atoms with E-state index >= 15 is 0 Å². The van der Waals surface area contributed by atoms with E-state index in [9.17, 15) is 9.59 Å². The number of urea groups is 1. The van der Waals surface area contributed by atoms with E-state index in [1.54, 1.807) is 4.90 Å². The first-order valence-corrected chi connectivity index (χ1v) is 6.61. The first kappa shape index (κ1) is 14.8. The van der Waals surface area contributed by atoms with Gasteiger partial charge in [-0.05, 0) is 24.7 Å². The second-order valence-electron chi connectivity index (χ2n) is 5.78. The molecule has 1 rings (SSSR count). The fourth-order valence-electron chi connectivity index (χ4n) is 1.88. The summed E-state index contributed by atoms with van der Waals surface area (Å²) in [5.74, 6) is -1.04. The summed E-state index contributed by atoms with van der Waals surface area (Å²) in [5.41, 5.74) is 0.106. The smallest absolute Gasteiger partial charge is 0.317 e. The molecule has 0 saturated carbocycles. The van der Waals surface area contributed by atoms with Gasteiger partial charge in [0.1, 0.15) is 0 Å². The Kier molecular flexibility index (Phi) is 4.99. The molecular formula is C13H24N2O3. The Morgan fingerprint density at radius 3 is 2.33 bits per heavy atom. The van der Waals surface area contributed by atoms with Crippen molar-refractivity contribution in [1.82, 2.24) is 10.2 Å². The highest BCUT2D eigenvalue weighted by molar-refractivity contribution is 5.75. The Hall–Kier alpha value is -1.26. The first-order valence-electron chi connectivity index (χ1n) is 6.61. The molecule has 104 valence electrons. The molecule has 0 aromatic carbocycles. The maximum atomic E-state index is 11.9. The van der Waals surface area contributed by atoms with E-state index < -0.39 is 5.97 Å². The predicted molar refractivity (Wildman–Crippen MR) is 69.4 cm³/mol. The van der Waals surface area contributed by atoms with Gasteiger partial charge in [0.2, 0.25) is 0 Å². The van der Waals surface area contributed by atoms with Crippen LogP contribution in [-0.2, 0) is 4.79 Å². The van der Waals surface area contributed by atoms with Gasteiger partial charge < -0.3 is 15.3 Å². The maximum absolute atomic E-state index is 11.9. The monoisotopic (exact) mass is 256 g/mol. The largest absolute Gasteiger partial charge is 0.481 e. The van der Waals surface area contributed by atoms with Crippen LogP contribution in [0.15, 0.2) is 0 Å². The zero-order valence-electron chi connectivity index (χ0n) is 11.5. The fraction of sp³-hybridized carbons (Fsp3) is 0.846. The second-order valence-corrected chi connectivity index (χ2v) is 5.78. The van der Waals surface area contributed by atoms with Gasteiger partial charge in [0.15, 0.2) is 0 Å². The number of hydrogen-bond donors (Lipinski definition) is 2. The number of nitrogens with one attached hydrogen (secondary N) is 1. The zero-order chi connectivity index (χ0) is 13.8. The van der Waals surface area contributed by atoms with Crippen molar-refractivity contribution in [2.45, 2.75) is 40.0 Å². The number of carbonyl (C=O) groups excluding carboxylic acids is 1. The summed E-state index contributed by atoms with van der Waals surface area (Å²) in [7, 11) is 0. The normalized spacial score (nSPS) is 17.6. The van der Waals surface area contributed by atoms with Crippen LogP contribution in [0.4, 0.5) is 4.79 Å². The summed E-state index contributed by atoms with van der Waals surface area (Å²) in [6.07, 6.45) is 2.12. The van der Waals surface area contributed by atoms with Crippen LogP contribution in [0.1, 0.15) is 40.0 Å². The molecule has 2 N–H and O–H groups in total. The number of hydrogen-bond acceptors (Lipinski definition) is 2. The lowest BCUT2D eigenvalue weighted by Crippen LogP contribution is -2.47. The van der Waals surface area contributed by atoms with Gasteiger partial charge in [-0.15, -0.1) is 0 Å². The van der Waals surface area contributed by atoms with Gasteiger partial charge in [-0.25, -0.2) is 4.79 Å². The van der Waals surface area contributed by atoms with Crippen molar-refractivity contribution in [3.05, 3.63) is 0 Å². The highest BCUT2D eigenvalue weighted by atomic mass is 16.4. The third kappa shape index (κ3) is 4.20. The molecule has 0 radical (unpaired) electrons. The SMILES string of the molecule is CCC(C)(C)CNC(=O)N1CCC(C(=O)O)CC1. The first-order chi connectivity index (χ1) is 8.35. The highest BCUT2D eigenvalue weighted by Gasteiger charge is 2.27. The molecule has 1 heterocycles. The van der Waals surface area contributed by atoms with Crippen molar-refractivity contribution in [3.63, 3.8) is 0 Å². The fourth-order valence-corrected chi connectivity index (χ4v) is 1.88. The minimum atomic E-state index is -0.748. The van der Waals surface area contributed by atoms with Crippen molar-refractivity contribution in [3.8, 4) is 0 Å². The summed E-state index contributed by atoms with van der Waals surface area (Å²) < 4.78 is 0. The number of piperidine rings is 1. The van der Waals surface area contributed by atoms with Crippen LogP contribution in [0.25, 0.3) is 0 Å². The molecule has 2 amide bonds. The van der Waals surface area contributed by atoms with Crippen LogP contribution in [0.5, 0.6) is 0 Å². The number of aliphatic carboxylic acids is 1. The molecule has 18 heavy (non-hydrogen) atoms. The topological polar surface area (TPSA) is 69.6 Å². The molecule has 1 aliphatic heterocycles. The number of carboxylic acids is 1. The van der Waals surface area contributed by atoms with Gasteiger partial charge in [-0.1, -0.05) is 20.8 Å². The average molecular weight is 256 g/mol. The van der Waals surface area contributed by atoms with E-state index in [0.29, 0.717) is 32.5 Å². The van der Waals surface area contributed by atoms with Crippen LogP contribution in [-0.4, -0.2) is 41.6 Å². The van der Waals surface area contributed by atoms with Crippen LogP contribution in [0, 0.1) is 11.3 Å². The molecular weight excluding hydrogens is 232 g/mol. The number of carboxylic acid groups (broad SMARTS) is 1.